The van der Waals surface area contributed by atoms with Gasteiger partial charge in [0.25, 0.3) is 0 Å². The molecule has 1 heterocycles. The molecule has 0 aromatic carbocycles. The predicted molar refractivity (Wildman–Crippen MR) is 116 cm³/mol. The van der Waals surface area contributed by atoms with Gasteiger partial charge in [-0.25, -0.2) is 0 Å². The maximum Gasteiger partial charge on any atom is 0.225 e. The van der Waals surface area contributed by atoms with E-state index in [1.54, 1.807) is 0 Å². The molecule has 6 heteroatoms. The van der Waals surface area contributed by atoms with Crippen LogP contribution in [0.1, 0.15) is 65.7 Å². The van der Waals surface area contributed by atoms with Crippen LogP contribution in [0.2, 0.25) is 0 Å². The molecule has 0 aromatic rings. The van der Waals surface area contributed by atoms with Gasteiger partial charge in [-0.05, 0) is 37.5 Å². The molecule has 1 saturated carbocycles. The van der Waals surface area contributed by atoms with Crippen LogP contribution in [0.4, 0.5) is 0 Å². The fourth-order valence-electron chi connectivity index (χ4n) is 3.72. The van der Waals surface area contributed by atoms with Gasteiger partial charge in [0.2, 0.25) is 5.91 Å². The zero-order valence-electron chi connectivity index (χ0n) is 16.4. The number of likely N-dealkylation sites (tertiary alicyclic amines) is 1. The van der Waals surface area contributed by atoms with E-state index in [1.165, 1.54) is 19.3 Å². The number of hydrogen-bond donors (Lipinski definition) is 2. The monoisotopic (exact) mass is 464 g/mol. The van der Waals surface area contributed by atoms with E-state index in [0.717, 1.165) is 51.3 Å². The molecule has 25 heavy (non-hydrogen) atoms. The number of aliphatic imine (C=N–C) groups is 1. The Hall–Kier alpha value is -0.530. The van der Waals surface area contributed by atoms with Crippen molar-refractivity contribution < 1.29 is 4.79 Å². The summed E-state index contributed by atoms with van der Waals surface area (Å²) in [6.45, 7) is 9.46. The van der Waals surface area contributed by atoms with Crippen molar-refractivity contribution in [2.45, 2.75) is 71.8 Å². The minimum absolute atomic E-state index is 0. The van der Waals surface area contributed by atoms with Crippen molar-refractivity contribution in [3.63, 3.8) is 0 Å². The van der Waals surface area contributed by atoms with E-state index in [1.807, 2.05) is 7.05 Å². The van der Waals surface area contributed by atoms with Crippen LogP contribution in [0.3, 0.4) is 0 Å². The van der Waals surface area contributed by atoms with Crippen LogP contribution in [-0.2, 0) is 4.79 Å². The minimum Gasteiger partial charge on any atom is -0.356 e. The predicted octanol–water partition coefficient (Wildman–Crippen LogP) is 3.39. The van der Waals surface area contributed by atoms with Gasteiger partial charge in [-0.15, -0.1) is 24.0 Å². The van der Waals surface area contributed by atoms with Gasteiger partial charge in [0.1, 0.15) is 0 Å². The van der Waals surface area contributed by atoms with Gasteiger partial charge in [0.05, 0.1) is 0 Å². The third kappa shape index (κ3) is 7.71. The molecule has 1 aliphatic heterocycles. The Morgan fingerprint density at radius 2 is 1.88 bits per heavy atom. The van der Waals surface area contributed by atoms with Crippen LogP contribution >= 0.6 is 24.0 Å². The maximum absolute atomic E-state index is 12.5. The lowest BCUT2D eigenvalue weighted by atomic mass is 9.91. The number of rotatable bonds is 5. The maximum atomic E-state index is 12.5. The van der Waals surface area contributed by atoms with Crippen molar-refractivity contribution in [1.82, 2.24) is 15.5 Å². The van der Waals surface area contributed by atoms with Gasteiger partial charge in [0.15, 0.2) is 5.96 Å². The van der Waals surface area contributed by atoms with Crippen LogP contribution in [0.15, 0.2) is 4.99 Å². The first kappa shape index (κ1) is 22.5. The van der Waals surface area contributed by atoms with E-state index >= 15 is 0 Å². The van der Waals surface area contributed by atoms with E-state index in [-0.39, 0.29) is 24.0 Å². The van der Waals surface area contributed by atoms with Crippen molar-refractivity contribution >= 4 is 35.8 Å². The topological polar surface area (TPSA) is 56.7 Å². The number of carbonyl (C=O) groups is 1. The zero-order valence-corrected chi connectivity index (χ0v) is 18.8. The molecule has 146 valence electrons. The Bertz CT molecular complexity index is 441. The van der Waals surface area contributed by atoms with Gasteiger partial charge in [-0.3, -0.25) is 9.79 Å². The highest BCUT2D eigenvalue weighted by Gasteiger charge is 2.32. The molecule has 2 N–H and O–H groups in total. The molecule has 1 amide bonds. The molecule has 0 radical (unpaired) electrons. The quantitative estimate of drug-likeness (QED) is 0.284. The summed E-state index contributed by atoms with van der Waals surface area (Å²) in [6, 6.07) is 0.323. The summed E-state index contributed by atoms with van der Waals surface area (Å²) in [7, 11) is 1.81. The third-order valence-corrected chi connectivity index (χ3v) is 5.16. The number of amides is 1. The molecule has 1 unspecified atom stereocenters. The van der Waals surface area contributed by atoms with Gasteiger partial charge >= 0.3 is 0 Å². The molecule has 2 aliphatic rings. The summed E-state index contributed by atoms with van der Waals surface area (Å²) >= 11 is 0. The Morgan fingerprint density at radius 1 is 1.20 bits per heavy atom. The summed E-state index contributed by atoms with van der Waals surface area (Å²) in [6.07, 6.45) is 7.97. The Kier molecular flexibility index (Phi) is 9.52. The summed E-state index contributed by atoms with van der Waals surface area (Å²) in [4.78, 5) is 18.9. The smallest absolute Gasteiger partial charge is 0.225 e. The molecule has 0 aromatic heterocycles. The zero-order chi connectivity index (χ0) is 17.6. The molecular weight excluding hydrogens is 427 g/mol. The second-order valence-electron chi connectivity index (χ2n) is 8.56. The lowest BCUT2D eigenvalue weighted by Crippen LogP contribution is -2.45. The Balaban J connectivity index is 0.00000312. The largest absolute Gasteiger partial charge is 0.356 e. The van der Waals surface area contributed by atoms with Crippen LogP contribution < -0.4 is 10.6 Å². The lowest BCUT2D eigenvalue weighted by molar-refractivity contribution is -0.134. The molecule has 5 nitrogen and oxygen atoms in total. The van der Waals surface area contributed by atoms with Crippen LogP contribution in [0.25, 0.3) is 0 Å². The SMILES string of the molecule is CN=C(NCCCC(C)(C)C)NC1CCN(C(=O)C2CCCC2)C1.I. The van der Waals surface area contributed by atoms with E-state index in [9.17, 15) is 4.79 Å². The summed E-state index contributed by atoms with van der Waals surface area (Å²) < 4.78 is 0. The number of guanidine groups is 1. The molecule has 0 bridgehead atoms. The fourth-order valence-corrected chi connectivity index (χ4v) is 3.72. The van der Waals surface area contributed by atoms with Crippen LogP contribution in [0.5, 0.6) is 0 Å². The first-order valence-electron chi connectivity index (χ1n) is 9.65. The second kappa shape index (κ2) is 10.6. The molecule has 1 saturated heterocycles. The van der Waals surface area contributed by atoms with Crippen molar-refractivity contribution in [2.75, 3.05) is 26.7 Å². The Morgan fingerprint density at radius 3 is 2.48 bits per heavy atom. The summed E-state index contributed by atoms with van der Waals surface area (Å²) in [5.41, 5.74) is 0.380. The molecule has 1 aliphatic carbocycles. The molecule has 2 rings (SSSR count). The van der Waals surface area contributed by atoms with Gasteiger partial charge in [0, 0.05) is 38.6 Å². The number of carbonyl (C=O) groups excluding carboxylic acids is 1. The highest BCUT2D eigenvalue weighted by atomic mass is 127. The van der Waals surface area contributed by atoms with Gasteiger partial charge in [-0.1, -0.05) is 33.6 Å². The Labute approximate surface area is 170 Å². The highest BCUT2D eigenvalue weighted by Crippen LogP contribution is 2.27. The first-order chi connectivity index (χ1) is 11.4. The van der Waals surface area contributed by atoms with E-state index in [0.29, 0.717) is 23.3 Å². The van der Waals surface area contributed by atoms with Crippen LogP contribution in [-0.4, -0.2) is 49.5 Å². The lowest BCUT2D eigenvalue weighted by Gasteiger charge is -2.22. The number of nitrogens with one attached hydrogen (secondary N) is 2. The average Bonchev–Trinajstić information content (AvgIpc) is 3.20. The number of nitrogens with zero attached hydrogens (tertiary/aromatic N) is 2. The standard InChI is InChI=1S/C19H36N4O.HI/c1-19(2,3)11-7-12-21-18(20-4)22-16-10-13-23(14-16)17(24)15-8-5-6-9-15;/h15-16H,5-14H2,1-4H3,(H2,20,21,22);1H. The van der Waals surface area contributed by atoms with E-state index < -0.39 is 0 Å². The highest BCUT2D eigenvalue weighted by molar-refractivity contribution is 14.0. The first-order valence-corrected chi connectivity index (χ1v) is 9.65. The van der Waals surface area contributed by atoms with Crippen molar-refractivity contribution in [3.05, 3.63) is 0 Å². The van der Waals surface area contributed by atoms with Crippen molar-refractivity contribution in [2.24, 2.45) is 16.3 Å². The molecular formula is C19H37IN4O. The van der Waals surface area contributed by atoms with E-state index in [4.69, 9.17) is 0 Å². The minimum atomic E-state index is 0. The third-order valence-electron chi connectivity index (χ3n) is 5.16. The molecule has 0 spiro atoms. The normalized spacial score (nSPS) is 22.0. The molecule has 2 fully saturated rings. The second-order valence-corrected chi connectivity index (χ2v) is 8.56. The van der Waals surface area contributed by atoms with Crippen molar-refractivity contribution in [3.8, 4) is 0 Å². The molecule has 1 atom stereocenters. The number of halogens is 1. The van der Waals surface area contributed by atoms with Crippen LogP contribution in [0, 0.1) is 11.3 Å². The van der Waals surface area contributed by atoms with Crippen molar-refractivity contribution in [1.29, 1.82) is 0 Å². The van der Waals surface area contributed by atoms with Gasteiger partial charge < -0.3 is 15.5 Å². The average molecular weight is 464 g/mol. The van der Waals surface area contributed by atoms with E-state index in [2.05, 4.69) is 41.3 Å². The summed E-state index contributed by atoms with van der Waals surface area (Å²) in [5.74, 6) is 1.53. The fraction of sp³-hybridized carbons (Fsp3) is 0.895. The number of hydrogen-bond acceptors (Lipinski definition) is 2. The summed E-state index contributed by atoms with van der Waals surface area (Å²) in [5, 5.41) is 6.89. The van der Waals surface area contributed by atoms with Gasteiger partial charge in [-0.2, -0.15) is 0 Å².